The van der Waals surface area contributed by atoms with Crippen LogP contribution in [0.4, 0.5) is 0 Å². The molecule has 1 aromatic rings. The number of carbonyl (C=O) groups excluding carboxylic acids is 1. The molecule has 0 radical (unpaired) electrons. The van der Waals surface area contributed by atoms with Crippen LogP contribution in [0.25, 0.3) is 0 Å². The first-order chi connectivity index (χ1) is 9.70. The van der Waals surface area contributed by atoms with Crippen molar-refractivity contribution >= 4 is 11.7 Å². The predicted molar refractivity (Wildman–Crippen MR) is 75.1 cm³/mol. The van der Waals surface area contributed by atoms with Crippen LogP contribution in [0, 0.1) is 17.8 Å². The summed E-state index contributed by atoms with van der Waals surface area (Å²) in [6.45, 7) is 0.533. The number of fused-ring (bicyclic) bond motifs is 1. The van der Waals surface area contributed by atoms with Crippen LogP contribution in [0.2, 0.25) is 0 Å². The molecule has 0 spiro atoms. The predicted octanol–water partition coefficient (Wildman–Crippen LogP) is 1.44. The zero-order valence-electron chi connectivity index (χ0n) is 11.2. The summed E-state index contributed by atoms with van der Waals surface area (Å²) in [6.07, 6.45) is 3.73. The van der Waals surface area contributed by atoms with Crippen molar-refractivity contribution in [2.24, 2.45) is 28.6 Å². The number of nitrogens with two attached hydrogens (primary N) is 1. The number of oxime groups is 1. The van der Waals surface area contributed by atoms with Crippen LogP contribution in [0.5, 0.6) is 0 Å². The van der Waals surface area contributed by atoms with Crippen molar-refractivity contribution in [1.29, 1.82) is 0 Å². The Balaban J connectivity index is 1.52. The fraction of sp³-hybridized carbons (Fsp3) is 0.467. The van der Waals surface area contributed by atoms with E-state index in [1.165, 1.54) is 19.3 Å². The quantitative estimate of drug-likeness (QED) is 0.336. The van der Waals surface area contributed by atoms with Gasteiger partial charge in [-0.15, -0.1) is 0 Å². The van der Waals surface area contributed by atoms with Gasteiger partial charge in [0.15, 0.2) is 5.84 Å². The van der Waals surface area contributed by atoms with E-state index in [1.807, 2.05) is 12.1 Å². The molecule has 0 saturated heterocycles. The highest BCUT2D eigenvalue weighted by Crippen LogP contribution is 2.57. The number of amidine groups is 1. The first-order valence-corrected chi connectivity index (χ1v) is 7.05. The fourth-order valence-corrected chi connectivity index (χ4v) is 3.37. The highest BCUT2D eigenvalue weighted by atomic mass is 16.4. The van der Waals surface area contributed by atoms with Crippen LogP contribution in [-0.4, -0.2) is 17.0 Å². The maximum Gasteiger partial charge on any atom is 0.223 e. The van der Waals surface area contributed by atoms with Gasteiger partial charge in [0.05, 0.1) is 0 Å². The van der Waals surface area contributed by atoms with Gasteiger partial charge in [-0.3, -0.25) is 4.79 Å². The first-order valence-electron chi connectivity index (χ1n) is 7.05. The van der Waals surface area contributed by atoms with Crippen LogP contribution in [0.1, 0.15) is 30.4 Å². The summed E-state index contributed by atoms with van der Waals surface area (Å²) in [4.78, 5) is 12.0. The zero-order chi connectivity index (χ0) is 14.1. The number of benzene rings is 1. The molecule has 0 aromatic heterocycles. The van der Waals surface area contributed by atoms with Gasteiger partial charge in [-0.2, -0.15) is 0 Å². The molecular formula is C15H19N3O2. The van der Waals surface area contributed by atoms with Gasteiger partial charge in [0.1, 0.15) is 0 Å². The third-order valence-corrected chi connectivity index (χ3v) is 4.53. The molecule has 4 N–H and O–H groups in total. The summed E-state index contributed by atoms with van der Waals surface area (Å²) in [5, 5.41) is 14.5. The summed E-state index contributed by atoms with van der Waals surface area (Å²) in [6, 6.07) is 7.31. The monoisotopic (exact) mass is 273 g/mol. The van der Waals surface area contributed by atoms with Gasteiger partial charge in [-0.05, 0) is 30.2 Å². The SMILES string of the molecule is N/C(=N/O)c1ccc(CNC(=O)C2C3CCCC32)cc1. The van der Waals surface area contributed by atoms with Crippen molar-refractivity contribution in [3.63, 3.8) is 0 Å². The van der Waals surface area contributed by atoms with Crippen molar-refractivity contribution in [3.05, 3.63) is 35.4 Å². The highest BCUT2D eigenvalue weighted by molar-refractivity contribution is 5.96. The number of nitrogens with one attached hydrogen (secondary N) is 1. The smallest absolute Gasteiger partial charge is 0.223 e. The third-order valence-electron chi connectivity index (χ3n) is 4.53. The van der Waals surface area contributed by atoms with E-state index < -0.39 is 0 Å². The maximum atomic E-state index is 12.0. The lowest BCUT2D eigenvalue weighted by Crippen LogP contribution is -2.26. The number of hydrogen-bond acceptors (Lipinski definition) is 3. The molecule has 0 bridgehead atoms. The van der Waals surface area contributed by atoms with E-state index in [0.717, 1.165) is 5.56 Å². The Bertz CT molecular complexity index is 529. The summed E-state index contributed by atoms with van der Waals surface area (Å²) in [5.41, 5.74) is 7.18. The van der Waals surface area contributed by atoms with Gasteiger partial charge in [-0.25, -0.2) is 0 Å². The lowest BCUT2D eigenvalue weighted by atomic mass is 10.1. The maximum absolute atomic E-state index is 12.0. The van der Waals surface area contributed by atoms with E-state index in [4.69, 9.17) is 10.9 Å². The second kappa shape index (κ2) is 5.15. The first kappa shape index (κ1) is 13.0. The lowest BCUT2D eigenvalue weighted by molar-refractivity contribution is -0.123. The Labute approximate surface area is 117 Å². The van der Waals surface area contributed by atoms with Crippen molar-refractivity contribution in [2.45, 2.75) is 25.8 Å². The minimum atomic E-state index is 0.0893. The molecule has 106 valence electrons. The Kier molecular flexibility index (Phi) is 3.34. The topological polar surface area (TPSA) is 87.7 Å². The number of nitrogens with zero attached hydrogens (tertiary/aromatic N) is 1. The van der Waals surface area contributed by atoms with Crippen LogP contribution < -0.4 is 11.1 Å². The molecule has 2 fully saturated rings. The largest absolute Gasteiger partial charge is 0.409 e. The van der Waals surface area contributed by atoms with Gasteiger partial charge in [0, 0.05) is 18.0 Å². The third kappa shape index (κ3) is 2.35. The molecular weight excluding hydrogens is 254 g/mol. The molecule has 5 nitrogen and oxygen atoms in total. The molecule has 2 aliphatic rings. The standard InChI is InChI=1S/C15H19N3O2/c16-14(18-20)10-6-4-9(5-7-10)8-17-15(19)13-11-2-1-3-12(11)13/h4-7,11-13,20H,1-3,8H2,(H2,16,18)(H,17,19). The molecule has 3 rings (SSSR count). The molecule has 2 atom stereocenters. The van der Waals surface area contributed by atoms with Gasteiger partial charge < -0.3 is 16.3 Å². The number of hydrogen-bond donors (Lipinski definition) is 3. The number of rotatable bonds is 4. The fourth-order valence-electron chi connectivity index (χ4n) is 3.37. The van der Waals surface area contributed by atoms with Crippen LogP contribution >= 0.6 is 0 Å². The average Bonchev–Trinajstić information content (AvgIpc) is 2.97. The van der Waals surface area contributed by atoms with Crippen molar-refractivity contribution in [1.82, 2.24) is 5.32 Å². The van der Waals surface area contributed by atoms with Crippen LogP contribution in [0.15, 0.2) is 29.4 Å². The van der Waals surface area contributed by atoms with Crippen LogP contribution in [0.3, 0.4) is 0 Å². The number of carbonyl (C=O) groups is 1. The van der Waals surface area contributed by atoms with Crippen molar-refractivity contribution in [3.8, 4) is 0 Å². The lowest BCUT2D eigenvalue weighted by Gasteiger charge is -2.07. The van der Waals surface area contributed by atoms with Gasteiger partial charge in [0.25, 0.3) is 0 Å². The molecule has 0 heterocycles. The summed E-state index contributed by atoms with van der Waals surface area (Å²) < 4.78 is 0. The highest BCUT2D eigenvalue weighted by Gasteiger charge is 2.56. The Morgan fingerprint density at radius 3 is 2.55 bits per heavy atom. The average molecular weight is 273 g/mol. The molecule has 2 unspecified atom stereocenters. The van der Waals surface area contributed by atoms with E-state index in [1.54, 1.807) is 12.1 Å². The Morgan fingerprint density at radius 1 is 1.30 bits per heavy atom. The summed E-state index contributed by atoms with van der Waals surface area (Å²) in [7, 11) is 0. The van der Waals surface area contributed by atoms with E-state index >= 15 is 0 Å². The molecule has 0 aliphatic heterocycles. The minimum absolute atomic E-state index is 0.0893. The van der Waals surface area contributed by atoms with E-state index in [9.17, 15) is 4.79 Å². The number of amides is 1. The van der Waals surface area contributed by atoms with Gasteiger partial charge in [-0.1, -0.05) is 35.8 Å². The second-order valence-electron chi connectivity index (χ2n) is 5.68. The zero-order valence-corrected chi connectivity index (χ0v) is 11.2. The van der Waals surface area contributed by atoms with E-state index in [2.05, 4.69) is 10.5 Å². The van der Waals surface area contributed by atoms with Gasteiger partial charge >= 0.3 is 0 Å². The molecule has 2 aliphatic carbocycles. The molecule has 1 aromatic carbocycles. The Hall–Kier alpha value is -2.04. The van der Waals surface area contributed by atoms with E-state index in [0.29, 0.717) is 23.9 Å². The van der Waals surface area contributed by atoms with Crippen molar-refractivity contribution < 1.29 is 10.0 Å². The van der Waals surface area contributed by atoms with E-state index in [-0.39, 0.29) is 17.7 Å². The molecule has 20 heavy (non-hydrogen) atoms. The van der Waals surface area contributed by atoms with Gasteiger partial charge in [0.2, 0.25) is 5.91 Å². The summed E-state index contributed by atoms with van der Waals surface area (Å²) in [5.74, 6) is 1.85. The second-order valence-corrected chi connectivity index (χ2v) is 5.68. The molecule has 2 saturated carbocycles. The normalized spacial score (nSPS) is 28.0. The summed E-state index contributed by atoms with van der Waals surface area (Å²) >= 11 is 0. The Morgan fingerprint density at radius 2 is 1.95 bits per heavy atom. The molecule has 5 heteroatoms. The minimum Gasteiger partial charge on any atom is -0.409 e. The molecule has 1 amide bonds. The van der Waals surface area contributed by atoms with Crippen LogP contribution in [-0.2, 0) is 11.3 Å². The van der Waals surface area contributed by atoms with Crippen molar-refractivity contribution in [2.75, 3.05) is 0 Å².